The van der Waals surface area contributed by atoms with E-state index in [1.807, 2.05) is 13.8 Å². The van der Waals surface area contributed by atoms with Gasteiger partial charge in [-0.05, 0) is 24.1 Å². The first kappa shape index (κ1) is 12.8. The SMILES string of the molecule is CC(C)CONC(=O)Nc1cccc(Cl)c1. The van der Waals surface area contributed by atoms with Crippen LogP contribution in [0.25, 0.3) is 0 Å². The molecule has 0 saturated heterocycles. The number of carbonyl (C=O) groups excluding carboxylic acids is 1. The Bertz CT molecular complexity index is 356. The lowest BCUT2D eigenvalue weighted by atomic mass is 10.2. The van der Waals surface area contributed by atoms with Gasteiger partial charge in [-0.15, -0.1) is 0 Å². The van der Waals surface area contributed by atoms with Gasteiger partial charge in [0.15, 0.2) is 0 Å². The Kier molecular flexibility index (Phi) is 5.08. The highest BCUT2D eigenvalue weighted by atomic mass is 35.5. The summed E-state index contributed by atoms with van der Waals surface area (Å²) in [5.74, 6) is 0.367. The van der Waals surface area contributed by atoms with E-state index in [9.17, 15) is 4.79 Å². The molecule has 0 aromatic heterocycles. The summed E-state index contributed by atoms with van der Waals surface area (Å²) in [7, 11) is 0. The van der Waals surface area contributed by atoms with E-state index in [0.717, 1.165) is 0 Å². The average Bonchev–Trinajstić information content (AvgIpc) is 2.16. The molecule has 0 bridgehead atoms. The van der Waals surface area contributed by atoms with Gasteiger partial charge >= 0.3 is 6.03 Å². The second-order valence-electron chi connectivity index (χ2n) is 3.77. The van der Waals surface area contributed by atoms with Gasteiger partial charge in [-0.1, -0.05) is 31.5 Å². The van der Waals surface area contributed by atoms with Gasteiger partial charge in [0.1, 0.15) is 0 Å². The van der Waals surface area contributed by atoms with Crippen LogP contribution >= 0.6 is 11.6 Å². The number of carbonyl (C=O) groups is 1. The van der Waals surface area contributed by atoms with Crippen molar-refractivity contribution in [2.75, 3.05) is 11.9 Å². The molecule has 1 rings (SSSR count). The number of rotatable bonds is 4. The molecule has 0 unspecified atom stereocenters. The van der Waals surface area contributed by atoms with Crippen molar-refractivity contribution in [2.24, 2.45) is 5.92 Å². The number of nitrogens with one attached hydrogen (secondary N) is 2. The zero-order chi connectivity index (χ0) is 12.0. The molecule has 5 heteroatoms. The fraction of sp³-hybridized carbons (Fsp3) is 0.364. The van der Waals surface area contributed by atoms with Crippen molar-refractivity contribution in [3.8, 4) is 0 Å². The second-order valence-corrected chi connectivity index (χ2v) is 4.21. The fourth-order valence-electron chi connectivity index (χ4n) is 0.997. The van der Waals surface area contributed by atoms with Gasteiger partial charge in [0.05, 0.1) is 6.61 Å². The van der Waals surface area contributed by atoms with Gasteiger partial charge in [-0.2, -0.15) is 0 Å². The van der Waals surface area contributed by atoms with Crippen molar-refractivity contribution in [3.05, 3.63) is 29.3 Å². The molecule has 0 aliphatic heterocycles. The number of urea groups is 1. The number of benzene rings is 1. The van der Waals surface area contributed by atoms with Crippen LogP contribution < -0.4 is 10.8 Å². The van der Waals surface area contributed by atoms with Crippen molar-refractivity contribution in [1.29, 1.82) is 0 Å². The molecule has 0 aliphatic rings. The zero-order valence-corrected chi connectivity index (χ0v) is 10.0. The molecular formula is C11H15ClN2O2. The Morgan fingerprint density at radius 1 is 1.50 bits per heavy atom. The van der Waals surface area contributed by atoms with Crippen molar-refractivity contribution < 1.29 is 9.63 Å². The largest absolute Gasteiger partial charge is 0.343 e. The first-order valence-electron chi connectivity index (χ1n) is 5.02. The predicted octanol–water partition coefficient (Wildman–Crippen LogP) is 3.05. The summed E-state index contributed by atoms with van der Waals surface area (Å²) >= 11 is 5.77. The first-order chi connectivity index (χ1) is 7.58. The quantitative estimate of drug-likeness (QED) is 0.798. The summed E-state index contributed by atoms with van der Waals surface area (Å²) in [6, 6.07) is 6.48. The van der Waals surface area contributed by atoms with E-state index in [-0.39, 0.29) is 0 Å². The smallest absolute Gasteiger partial charge is 0.306 e. The molecule has 16 heavy (non-hydrogen) atoms. The van der Waals surface area contributed by atoms with Crippen molar-refractivity contribution in [2.45, 2.75) is 13.8 Å². The molecule has 2 N–H and O–H groups in total. The average molecular weight is 243 g/mol. The van der Waals surface area contributed by atoms with Gasteiger partial charge < -0.3 is 5.32 Å². The highest BCUT2D eigenvalue weighted by molar-refractivity contribution is 6.30. The van der Waals surface area contributed by atoms with E-state index in [1.165, 1.54) is 0 Å². The van der Waals surface area contributed by atoms with Crippen LogP contribution in [0.4, 0.5) is 10.5 Å². The van der Waals surface area contributed by atoms with Gasteiger partial charge in [0.2, 0.25) is 0 Å². The summed E-state index contributed by atoms with van der Waals surface area (Å²) < 4.78 is 0. The number of anilines is 1. The molecule has 88 valence electrons. The highest BCUT2D eigenvalue weighted by Gasteiger charge is 2.02. The molecule has 1 aromatic carbocycles. The fourth-order valence-corrected chi connectivity index (χ4v) is 1.19. The third-order valence-corrected chi connectivity index (χ3v) is 1.90. The number of hydroxylamine groups is 1. The molecule has 0 spiro atoms. The second kappa shape index (κ2) is 6.35. The Morgan fingerprint density at radius 3 is 2.88 bits per heavy atom. The number of amides is 2. The van der Waals surface area contributed by atoms with E-state index in [1.54, 1.807) is 24.3 Å². The minimum Gasteiger partial charge on any atom is -0.306 e. The van der Waals surface area contributed by atoms with Crippen LogP contribution in [0, 0.1) is 5.92 Å². The van der Waals surface area contributed by atoms with E-state index < -0.39 is 6.03 Å². The summed E-state index contributed by atoms with van der Waals surface area (Å²) in [5.41, 5.74) is 2.91. The van der Waals surface area contributed by atoms with Crippen LogP contribution in [0.5, 0.6) is 0 Å². The molecule has 0 heterocycles. The maximum absolute atomic E-state index is 11.3. The molecule has 4 nitrogen and oxygen atoms in total. The van der Waals surface area contributed by atoms with Crippen LogP contribution in [0.15, 0.2) is 24.3 Å². The van der Waals surface area contributed by atoms with Gasteiger partial charge in [-0.3, -0.25) is 4.84 Å². The van der Waals surface area contributed by atoms with Crippen molar-refractivity contribution >= 4 is 23.3 Å². The van der Waals surface area contributed by atoms with E-state index in [2.05, 4.69) is 10.8 Å². The van der Waals surface area contributed by atoms with Crippen LogP contribution in [0.2, 0.25) is 5.02 Å². The monoisotopic (exact) mass is 242 g/mol. The summed E-state index contributed by atoms with van der Waals surface area (Å²) in [5, 5.41) is 3.17. The lowest BCUT2D eigenvalue weighted by Gasteiger charge is -2.09. The van der Waals surface area contributed by atoms with Crippen LogP contribution in [-0.2, 0) is 4.84 Å². The molecule has 0 atom stereocenters. The summed E-state index contributed by atoms with van der Waals surface area (Å²) in [6.45, 7) is 4.47. The van der Waals surface area contributed by atoms with Gasteiger partial charge in [0, 0.05) is 10.7 Å². The predicted molar refractivity (Wildman–Crippen MR) is 64.4 cm³/mol. The maximum atomic E-state index is 11.3. The third-order valence-electron chi connectivity index (χ3n) is 1.66. The Labute approximate surface area is 99.9 Å². The molecular weight excluding hydrogens is 228 g/mol. The topological polar surface area (TPSA) is 50.4 Å². The molecule has 0 fully saturated rings. The normalized spacial score (nSPS) is 10.2. The molecule has 0 saturated carbocycles. The maximum Gasteiger partial charge on any atom is 0.343 e. The molecule has 0 aliphatic carbocycles. The van der Waals surface area contributed by atoms with E-state index in [4.69, 9.17) is 16.4 Å². The van der Waals surface area contributed by atoms with Crippen molar-refractivity contribution in [3.63, 3.8) is 0 Å². The Morgan fingerprint density at radius 2 is 2.25 bits per heavy atom. The number of halogens is 1. The van der Waals surface area contributed by atoms with E-state index in [0.29, 0.717) is 23.2 Å². The summed E-state index contributed by atoms with van der Waals surface area (Å²) in [6.07, 6.45) is 0. The minimum absolute atomic E-state index is 0.367. The molecule has 2 amide bonds. The lowest BCUT2D eigenvalue weighted by Crippen LogP contribution is -2.30. The zero-order valence-electron chi connectivity index (χ0n) is 9.29. The summed E-state index contributed by atoms with van der Waals surface area (Å²) in [4.78, 5) is 16.3. The van der Waals surface area contributed by atoms with Crippen LogP contribution in [0.1, 0.15) is 13.8 Å². The lowest BCUT2D eigenvalue weighted by molar-refractivity contribution is 0.0482. The first-order valence-corrected chi connectivity index (χ1v) is 5.40. The number of hydrogen-bond acceptors (Lipinski definition) is 2. The minimum atomic E-state index is -0.414. The highest BCUT2D eigenvalue weighted by Crippen LogP contribution is 2.14. The van der Waals surface area contributed by atoms with Crippen molar-refractivity contribution in [1.82, 2.24) is 5.48 Å². The Balaban J connectivity index is 2.34. The van der Waals surface area contributed by atoms with E-state index >= 15 is 0 Å². The van der Waals surface area contributed by atoms with Gasteiger partial charge in [-0.25, -0.2) is 10.3 Å². The Hall–Kier alpha value is -1.26. The van der Waals surface area contributed by atoms with Crippen LogP contribution in [-0.4, -0.2) is 12.6 Å². The molecule has 1 aromatic rings. The van der Waals surface area contributed by atoms with Gasteiger partial charge in [0.25, 0.3) is 0 Å². The number of hydrogen-bond donors (Lipinski definition) is 2. The molecule has 0 radical (unpaired) electrons. The third kappa shape index (κ3) is 5.00. The van der Waals surface area contributed by atoms with Crippen LogP contribution in [0.3, 0.4) is 0 Å². The standard InChI is InChI=1S/C11H15ClN2O2/c1-8(2)7-16-14-11(15)13-10-5-3-4-9(12)6-10/h3-6,8H,7H2,1-2H3,(H2,13,14,15).